The van der Waals surface area contributed by atoms with Gasteiger partial charge in [0.25, 0.3) is 0 Å². The summed E-state index contributed by atoms with van der Waals surface area (Å²) in [6, 6.07) is 4.80. The Morgan fingerprint density at radius 3 is 3.20 bits per heavy atom. The minimum atomic E-state index is 0.619. The third kappa shape index (κ3) is 1.70. The maximum Gasteiger partial charge on any atom is 0.0342 e. The average Bonchev–Trinajstić information content (AvgIpc) is 2.74. The van der Waals surface area contributed by atoms with Crippen LogP contribution in [0, 0.1) is 5.92 Å². The highest BCUT2D eigenvalue weighted by Crippen LogP contribution is 2.36. The largest absolute Gasteiger partial charge is 0.310 e. The predicted octanol–water partition coefficient (Wildman–Crippen LogP) is 2.24. The molecule has 2 heterocycles. The molecule has 0 radical (unpaired) electrons. The van der Waals surface area contributed by atoms with E-state index >= 15 is 0 Å². The highest BCUT2D eigenvalue weighted by atomic mass is 14.9. The molecule has 78 valence electrons. The molecule has 1 saturated heterocycles. The maximum absolute atomic E-state index is 4.19. The van der Waals surface area contributed by atoms with Crippen LogP contribution in [0.25, 0.3) is 5.57 Å². The second-order valence-electron chi connectivity index (χ2n) is 4.52. The summed E-state index contributed by atoms with van der Waals surface area (Å²) in [5.41, 5.74) is 2.78. The van der Waals surface area contributed by atoms with Gasteiger partial charge in [0.15, 0.2) is 0 Å². The topological polar surface area (TPSA) is 24.9 Å². The molecule has 2 heteroatoms. The van der Waals surface area contributed by atoms with Gasteiger partial charge in [-0.3, -0.25) is 4.98 Å². The van der Waals surface area contributed by atoms with Crippen molar-refractivity contribution in [3.63, 3.8) is 0 Å². The quantitative estimate of drug-likeness (QED) is 0.752. The molecule has 3 rings (SSSR count). The number of pyridine rings is 1. The van der Waals surface area contributed by atoms with Gasteiger partial charge < -0.3 is 5.32 Å². The summed E-state index contributed by atoms with van der Waals surface area (Å²) in [6.07, 6.45) is 10.1. The van der Waals surface area contributed by atoms with Gasteiger partial charge in [0.1, 0.15) is 0 Å². The van der Waals surface area contributed by atoms with Crippen LogP contribution in [0.5, 0.6) is 0 Å². The van der Waals surface area contributed by atoms with Crippen molar-refractivity contribution in [1.82, 2.24) is 10.3 Å². The average molecular weight is 200 g/mol. The summed E-state index contributed by atoms with van der Waals surface area (Å²) in [5.74, 6) is 0.828. The van der Waals surface area contributed by atoms with Crippen molar-refractivity contribution in [3.05, 3.63) is 36.2 Å². The second kappa shape index (κ2) is 3.78. The van der Waals surface area contributed by atoms with Crippen molar-refractivity contribution in [2.75, 3.05) is 6.54 Å². The third-order valence-corrected chi connectivity index (χ3v) is 3.53. The van der Waals surface area contributed by atoms with Crippen LogP contribution in [0.15, 0.2) is 30.6 Å². The molecule has 0 aromatic carbocycles. The summed E-state index contributed by atoms with van der Waals surface area (Å²) in [4.78, 5) is 4.19. The van der Waals surface area contributed by atoms with Crippen LogP contribution in [-0.2, 0) is 0 Å². The normalized spacial score (nSPS) is 29.7. The maximum atomic E-state index is 4.19. The summed E-state index contributed by atoms with van der Waals surface area (Å²) in [5, 5.41) is 3.58. The van der Waals surface area contributed by atoms with Crippen molar-refractivity contribution < 1.29 is 0 Å². The molecule has 2 atom stereocenters. The fraction of sp³-hybridized carbons (Fsp3) is 0.462. The predicted molar refractivity (Wildman–Crippen MR) is 61.3 cm³/mol. The minimum absolute atomic E-state index is 0.619. The van der Waals surface area contributed by atoms with Crippen LogP contribution in [0.4, 0.5) is 0 Å². The standard InChI is InChI=1S/C13H16N2/c1-4-11(9-14-5-1)12-7-10-3-2-6-15-13(10)8-12/h1,4-5,8-10,13,15H,2-3,6-7H2/t10-,13+/m0/s1. The fourth-order valence-electron chi connectivity index (χ4n) is 2.74. The summed E-state index contributed by atoms with van der Waals surface area (Å²) in [6.45, 7) is 1.18. The molecular weight excluding hydrogens is 184 g/mol. The summed E-state index contributed by atoms with van der Waals surface area (Å²) < 4.78 is 0. The molecule has 1 aromatic heterocycles. The Hall–Kier alpha value is -1.15. The number of aromatic nitrogens is 1. The summed E-state index contributed by atoms with van der Waals surface area (Å²) >= 11 is 0. The number of hydrogen-bond donors (Lipinski definition) is 1. The number of nitrogens with zero attached hydrogens (tertiary/aromatic N) is 1. The van der Waals surface area contributed by atoms with Crippen LogP contribution in [0.2, 0.25) is 0 Å². The SMILES string of the molecule is C1=C(c2cccnc2)C[C@@H]2CCCN[C@H]12. The first-order valence-corrected chi connectivity index (χ1v) is 5.78. The first-order chi connectivity index (χ1) is 7.43. The Labute approximate surface area is 90.4 Å². The van der Waals surface area contributed by atoms with E-state index in [1.165, 1.54) is 36.9 Å². The number of piperidine rings is 1. The van der Waals surface area contributed by atoms with Gasteiger partial charge >= 0.3 is 0 Å². The van der Waals surface area contributed by atoms with E-state index in [1.54, 1.807) is 0 Å². The van der Waals surface area contributed by atoms with Gasteiger partial charge in [-0.15, -0.1) is 0 Å². The first kappa shape index (κ1) is 9.10. The molecule has 1 N–H and O–H groups in total. The van der Waals surface area contributed by atoms with E-state index in [0.29, 0.717) is 6.04 Å². The zero-order valence-electron chi connectivity index (χ0n) is 8.82. The molecular formula is C13H16N2. The molecule has 15 heavy (non-hydrogen) atoms. The Morgan fingerprint density at radius 1 is 1.40 bits per heavy atom. The lowest BCUT2D eigenvalue weighted by atomic mass is 9.92. The van der Waals surface area contributed by atoms with E-state index in [9.17, 15) is 0 Å². The van der Waals surface area contributed by atoms with Crippen LogP contribution >= 0.6 is 0 Å². The number of hydrogen-bond acceptors (Lipinski definition) is 2. The zero-order chi connectivity index (χ0) is 10.1. The monoisotopic (exact) mass is 200 g/mol. The Bertz CT molecular complexity index is 369. The van der Waals surface area contributed by atoms with Crippen molar-refractivity contribution in [3.8, 4) is 0 Å². The third-order valence-electron chi connectivity index (χ3n) is 3.53. The van der Waals surface area contributed by atoms with E-state index in [2.05, 4.69) is 22.4 Å². The van der Waals surface area contributed by atoms with Gasteiger partial charge in [-0.05, 0) is 48.9 Å². The van der Waals surface area contributed by atoms with Gasteiger partial charge in [0.2, 0.25) is 0 Å². The van der Waals surface area contributed by atoms with Crippen LogP contribution in [0.1, 0.15) is 24.8 Å². The number of nitrogens with one attached hydrogen (secondary N) is 1. The van der Waals surface area contributed by atoms with E-state index in [4.69, 9.17) is 0 Å². The van der Waals surface area contributed by atoms with E-state index in [-0.39, 0.29) is 0 Å². The smallest absolute Gasteiger partial charge is 0.0342 e. The lowest BCUT2D eigenvalue weighted by Crippen LogP contribution is -2.37. The van der Waals surface area contributed by atoms with Gasteiger partial charge in [0, 0.05) is 18.4 Å². The minimum Gasteiger partial charge on any atom is -0.310 e. The van der Waals surface area contributed by atoms with Crippen molar-refractivity contribution in [1.29, 1.82) is 0 Å². The number of rotatable bonds is 1. The summed E-state index contributed by atoms with van der Waals surface area (Å²) in [7, 11) is 0. The molecule has 1 aromatic rings. The molecule has 0 amide bonds. The van der Waals surface area contributed by atoms with E-state index in [0.717, 1.165) is 5.92 Å². The van der Waals surface area contributed by atoms with Gasteiger partial charge in [0.05, 0.1) is 0 Å². The lowest BCUT2D eigenvalue weighted by molar-refractivity contribution is 0.341. The molecule has 0 unspecified atom stereocenters. The molecule has 0 spiro atoms. The first-order valence-electron chi connectivity index (χ1n) is 5.78. The number of allylic oxidation sites excluding steroid dienone is 1. The molecule has 2 aliphatic rings. The van der Waals surface area contributed by atoms with Gasteiger partial charge in [-0.25, -0.2) is 0 Å². The van der Waals surface area contributed by atoms with Crippen molar-refractivity contribution in [2.45, 2.75) is 25.3 Å². The fourth-order valence-corrected chi connectivity index (χ4v) is 2.74. The molecule has 0 saturated carbocycles. The Kier molecular flexibility index (Phi) is 2.29. The van der Waals surface area contributed by atoms with Crippen molar-refractivity contribution >= 4 is 5.57 Å². The molecule has 1 aliphatic heterocycles. The lowest BCUT2D eigenvalue weighted by Gasteiger charge is -2.25. The Balaban J connectivity index is 1.84. The van der Waals surface area contributed by atoms with E-state index in [1.807, 2.05) is 18.5 Å². The molecule has 1 fully saturated rings. The Morgan fingerprint density at radius 2 is 2.40 bits per heavy atom. The zero-order valence-corrected chi connectivity index (χ0v) is 8.82. The van der Waals surface area contributed by atoms with Crippen LogP contribution in [-0.4, -0.2) is 17.6 Å². The number of fused-ring (bicyclic) bond motifs is 1. The van der Waals surface area contributed by atoms with Crippen molar-refractivity contribution in [2.24, 2.45) is 5.92 Å². The molecule has 0 bridgehead atoms. The highest BCUT2D eigenvalue weighted by Gasteiger charge is 2.29. The van der Waals surface area contributed by atoms with E-state index < -0.39 is 0 Å². The molecule has 2 nitrogen and oxygen atoms in total. The van der Waals surface area contributed by atoms with Gasteiger partial charge in [-0.1, -0.05) is 12.1 Å². The molecule has 1 aliphatic carbocycles. The van der Waals surface area contributed by atoms with Crippen LogP contribution < -0.4 is 5.32 Å². The highest BCUT2D eigenvalue weighted by molar-refractivity contribution is 5.68. The second-order valence-corrected chi connectivity index (χ2v) is 4.52. The van der Waals surface area contributed by atoms with Crippen LogP contribution in [0.3, 0.4) is 0 Å². The van der Waals surface area contributed by atoms with Gasteiger partial charge in [-0.2, -0.15) is 0 Å².